The van der Waals surface area contributed by atoms with Crippen LogP contribution in [0.4, 0.5) is 5.69 Å². The molecular weight excluding hydrogens is 370 g/mol. The highest BCUT2D eigenvalue weighted by atomic mass is 16.5. The largest absolute Gasteiger partial charge is 0.481 e. The number of amides is 1. The zero-order chi connectivity index (χ0) is 20.5. The van der Waals surface area contributed by atoms with Crippen LogP contribution in [0.1, 0.15) is 72.3 Å². The van der Waals surface area contributed by atoms with E-state index in [1.54, 1.807) is 12.1 Å². The number of aliphatic carboxylic acids is 1. The van der Waals surface area contributed by atoms with Crippen LogP contribution in [0.25, 0.3) is 11.1 Å². The van der Waals surface area contributed by atoms with Crippen molar-refractivity contribution in [3.63, 3.8) is 0 Å². The number of nitrogens with zero attached hydrogens (tertiary/aromatic N) is 2. The van der Waals surface area contributed by atoms with Crippen molar-refractivity contribution < 1.29 is 19.2 Å². The second kappa shape index (κ2) is 7.66. The summed E-state index contributed by atoms with van der Waals surface area (Å²) in [4.78, 5) is 28.6. The van der Waals surface area contributed by atoms with Gasteiger partial charge in [0.1, 0.15) is 0 Å². The Balaban J connectivity index is 1.67. The lowest BCUT2D eigenvalue weighted by atomic mass is 10.0. The Morgan fingerprint density at radius 1 is 1.28 bits per heavy atom. The number of fused-ring (bicyclic) bond motifs is 1. The number of carbonyl (C=O) groups excluding carboxylic acids is 1. The van der Waals surface area contributed by atoms with Gasteiger partial charge < -0.3 is 14.9 Å². The number of benzene rings is 1. The number of carboxylic acid groups (broad SMARTS) is 1. The first-order chi connectivity index (χ1) is 13.9. The highest BCUT2D eigenvalue weighted by Crippen LogP contribution is 2.41. The summed E-state index contributed by atoms with van der Waals surface area (Å²) >= 11 is 0. The lowest BCUT2D eigenvalue weighted by Gasteiger charge is -2.10. The molecule has 29 heavy (non-hydrogen) atoms. The number of rotatable bonds is 7. The molecule has 3 aromatic rings. The predicted molar refractivity (Wildman–Crippen MR) is 108 cm³/mol. The molecule has 0 bridgehead atoms. The highest BCUT2D eigenvalue weighted by molar-refractivity contribution is 6.12. The molecule has 0 atom stereocenters. The van der Waals surface area contributed by atoms with Crippen molar-refractivity contribution in [3.05, 3.63) is 52.8 Å². The maximum absolute atomic E-state index is 13.2. The number of nitrogens with one attached hydrogen (secondary N) is 1. The van der Waals surface area contributed by atoms with Crippen molar-refractivity contribution in [2.45, 2.75) is 51.4 Å². The number of carboxylic acids is 1. The molecule has 1 fully saturated rings. The number of aryl methyl sites for hydroxylation is 1. The van der Waals surface area contributed by atoms with E-state index in [1.165, 1.54) is 0 Å². The SMILES string of the molecule is CC(C)c1noc2nc(C3CC3)cc(C(=O)Nc3cccc(CCC(=O)O)c3)c12. The van der Waals surface area contributed by atoms with Crippen molar-refractivity contribution in [1.29, 1.82) is 0 Å². The van der Waals surface area contributed by atoms with Crippen LogP contribution in [0, 0.1) is 0 Å². The molecule has 0 unspecified atom stereocenters. The summed E-state index contributed by atoms with van der Waals surface area (Å²) < 4.78 is 5.45. The summed E-state index contributed by atoms with van der Waals surface area (Å²) in [5, 5.41) is 16.6. The van der Waals surface area contributed by atoms with E-state index in [-0.39, 0.29) is 18.2 Å². The molecule has 1 saturated carbocycles. The topological polar surface area (TPSA) is 105 Å². The van der Waals surface area contributed by atoms with Crippen LogP contribution in [0.2, 0.25) is 0 Å². The fourth-order valence-corrected chi connectivity index (χ4v) is 3.41. The Morgan fingerprint density at radius 3 is 2.76 bits per heavy atom. The fourth-order valence-electron chi connectivity index (χ4n) is 3.41. The number of hydrogen-bond acceptors (Lipinski definition) is 5. The van der Waals surface area contributed by atoms with Crippen molar-refractivity contribution in [3.8, 4) is 0 Å². The molecule has 0 spiro atoms. The van der Waals surface area contributed by atoms with E-state index in [9.17, 15) is 9.59 Å². The Kier molecular flexibility index (Phi) is 5.05. The number of carbonyl (C=O) groups is 2. The van der Waals surface area contributed by atoms with Crippen LogP contribution < -0.4 is 5.32 Å². The van der Waals surface area contributed by atoms with Gasteiger partial charge in [0.2, 0.25) is 0 Å². The standard InChI is InChI=1S/C22H23N3O4/c1-12(2)20-19-16(11-17(14-7-8-14)24-22(19)29-25-20)21(28)23-15-5-3-4-13(10-15)6-9-18(26)27/h3-5,10-12,14H,6-9H2,1-2H3,(H,23,28)(H,26,27). The van der Waals surface area contributed by atoms with Gasteiger partial charge in [0, 0.05) is 23.7 Å². The second-order valence-electron chi connectivity index (χ2n) is 7.82. The first kappa shape index (κ1) is 19.1. The fraction of sp³-hybridized carbons (Fsp3) is 0.364. The minimum absolute atomic E-state index is 0.0472. The molecule has 0 aliphatic heterocycles. The smallest absolute Gasteiger partial charge is 0.303 e. The van der Waals surface area contributed by atoms with E-state index in [1.807, 2.05) is 32.0 Å². The van der Waals surface area contributed by atoms with Gasteiger partial charge in [-0.05, 0) is 48.9 Å². The average Bonchev–Trinajstić information content (AvgIpc) is 3.44. The number of aromatic nitrogens is 2. The number of anilines is 1. The van der Waals surface area contributed by atoms with E-state index >= 15 is 0 Å². The minimum Gasteiger partial charge on any atom is -0.481 e. The average molecular weight is 393 g/mol. The molecule has 2 aromatic heterocycles. The van der Waals surface area contributed by atoms with Crippen molar-refractivity contribution >= 4 is 28.7 Å². The maximum atomic E-state index is 13.2. The molecule has 7 heteroatoms. The molecule has 2 N–H and O–H groups in total. The highest BCUT2D eigenvalue weighted by Gasteiger charge is 2.29. The van der Waals surface area contributed by atoms with Crippen LogP contribution in [0.3, 0.4) is 0 Å². The van der Waals surface area contributed by atoms with Gasteiger partial charge in [-0.2, -0.15) is 0 Å². The Bertz CT molecular complexity index is 1080. The van der Waals surface area contributed by atoms with Gasteiger partial charge in [0.05, 0.1) is 16.6 Å². The summed E-state index contributed by atoms with van der Waals surface area (Å²) in [6, 6.07) is 9.11. The molecule has 0 saturated heterocycles. The lowest BCUT2D eigenvalue weighted by Crippen LogP contribution is -2.14. The van der Waals surface area contributed by atoms with E-state index in [0.29, 0.717) is 34.7 Å². The first-order valence-electron chi connectivity index (χ1n) is 9.84. The van der Waals surface area contributed by atoms with Gasteiger partial charge in [-0.3, -0.25) is 9.59 Å². The van der Waals surface area contributed by atoms with Gasteiger partial charge in [-0.25, -0.2) is 4.98 Å². The molecule has 7 nitrogen and oxygen atoms in total. The zero-order valence-corrected chi connectivity index (χ0v) is 16.4. The first-order valence-corrected chi connectivity index (χ1v) is 9.84. The zero-order valence-electron chi connectivity index (χ0n) is 16.4. The molecule has 1 amide bonds. The Morgan fingerprint density at radius 2 is 2.07 bits per heavy atom. The molecule has 1 aromatic carbocycles. The summed E-state index contributed by atoms with van der Waals surface area (Å²) in [7, 11) is 0. The summed E-state index contributed by atoms with van der Waals surface area (Å²) in [5.41, 5.74) is 3.98. The lowest BCUT2D eigenvalue weighted by molar-refractivity contribution is -0.136. The molecule has 2 heterocycles. The molecular formula is C22H23N3O4. The third kappa shape index (κ3) is 4.13. The summed E-state index contributed by atoms with van der Waals surface area (Å²) in [6.45, 7) is 4.00. The molecule has 1 aliphatic rings. The van der Waals surface area contributed by atoms with Crippen LogP contribution >= 0.6 is 0 Å². The molecule has 4 rings (SSSR count). The van der Waals surface area contributed by atoms with Gasteiger partial charge in [-0.1, -0.05) is 31.1 Å². The van der Waals surface area contributed by atoms with Crippen molar-refractivity contribution in [2.75, 3.05) is 5.32 Å². The van der Waals surface area contributed by atoms with Crippen molar-refractivity contribution in [1.82, 2.24) is 10.1 Å². The van der Waals surface area contributed by atoms with Crippen LogP contribution in [0.5, 0.6) is 0 Å². The van der Waals surface area contributed by atoms with Gasteiger partial charge in [0.15, 0.2) is 0 Å². The Hall–Kier alpha value is -3.22. The minimum atomic E-state index is -0.847. The van der Waals surface area contributed by atoms with E-state index < -0.39 is 5.97 Å². The normalized spacial score (nSPS) is 13.8. The quantitative estimate of drug-likeness (QED) is 0.612. The predicted octanol–water partition coefficient (Wildman–Crippen LogP) is 4.49. The van der Waals surface area contributed by atoms with Crippen LogP contribution in [-0.2, 0) is 11.2 Å². The molecule has 0 radical (unpaired) electrons. The van der Waals surface area contributed by atoms with Gasteiger partial charge >= 0.3 is 5.97 Å². The third-order valence-electron chi connectivity index (χ3n) is 5.09. The monoisotopic (exact) mass is 393 g/mol. The van der Waals surface area contributed by atoms with Gasteiger partial charge in [0.25, 0.3) is 11.6 Å². The van der Waals surface area contributed by atoms with Crippen LogP contribution in [-0.4, -0.2) is 27.1 Å². The maximum Gasteiger partial charge on any atom is 0.303 e. The van der Waals surface area contributed by atoms with E-state index in [2.05, 4.69) is 15.5 Å². The number of hydrogen-bond donors (Lipinski definition) is 2. The summed E-state index contributed by atoms with van der Waals surface area (Å²) in [5.74, 6) is -0.631. The third-order valence-corrected chi connectivity index (χ3v) is 5.09. The Labute approximate surface area is 168 Å². The molecule has 150 valence electrons. The number of pyridine rings is 1. The second-order valence-corrected chi connectivity index (χ2v) is 7.82. The van der Waals surface area contributed by atoms with E-state index in [0.717, 1.165) is 29.8 Å². The summed E-state index contributed by atoms with van der Waals surface area (Å²) in [6.07, 6.45) is 2.59. The van der Waals surface area contributed by atoms with E-state index in [4.69, 9.17) is 9.63 Å². The van der Waals surface area contributed by atoms with Crippen molar-refractivity contribution in [2.24, 2.45) is 0 Å². The van der Waals surface area contributed by atoms with Crippen LogP contribution in [0.15, 0.2) is 34.9 Å². The molecule has 1 aliphatic carbocycles. The van der Waals surface area contributed by atoms with Gasteiger partial charge in [-0.15, -0.1) is 0 Å².